The second-order valence-electron chi connectivity index (χ2n) is 6.29. The van der Waals surface area contributed by atoms with Crippen LogP contribution in [0.3, 0.4) is 0 Å². The van der Waals surface area contributed by atoms with Gasteiger partial charge in [-0.3, -0.25) is 4.55 Å². The number of rotatable bonds is 6. The zero-order valence-corrected chi connectivity index (χ0v) is 16.9. The molecule has 4 aromatic rings. The highest BCUT2D eigenvalue weighted by Crippen LogP contribution is 2.27. The number of hydrogen-bond donors (Lipinski definition) is 1. The van der Waals surface area contributed by atoms with Gasteiger partial charge in [0.25, 0.3) is 5.82 Å². The van der Waals surface area contributed by atoms with E-state index in [9.17, 15) is 8.76 Å². The molecule has 0 aliphatic heterocycles. The monoisotopic (exact) mass is 414 g/mol. The summed E-state index contributed by atoms with van der Waals surface area (Å²) in [6.45, 7) is 3.04. The van der Waals surface area contributed by atoms with Crippen LogP contribution in [0.4, 0.5) is 5.82 Å². The molecule has 28 heavy (non-hydrogen) atoms. The van der Waals surface area contributed by atoms with Gasteiger partial charge in [-0.1, -0.05) is 31.5 Å². The Bertz CT molecular complexity index is 1220. The number of aryl methyl sites for hydroxylation is 1. The lowest BCUT2D eigenvalue weighted by Gasteiger charge is -2.04. The van der Waals surface area contributed by atoms with Crippen LogP contribution in [0.15, 0.2) is 69.1 Å². The molecule has 4 rings (SSSR count). The first-order valence-corrected chi connectivity index (χ1v) is 11.3. The van der Waals surface area contributed by atoms with E-state index in [4.69, 9.17) is 0 Å². The molecule has 0 fully saturated rings. The Kier molecular flexibility index (Phi) is 5.21. The van der Waals surface area contributed by atoms with Crippen LogP contribution in [0.25, 0.3) is 16.9 Å². The molecule has 3 aromatic heterocycles. The number of unbranched alkanes of at least 4 members (excludes halogenated alkanes) is 1. The van der Waals surface area contributed by atoms with Gasteiger partial charge in [0.1, 0.15) is 16.6 Å². The molecule has 0 radical (unpaired) electrons. The molecule has 7 nitrogen and oxygen atoms in total. The second kappa shape index (κ2) is 7.78. The Balaban J connectivity index is 1.88. The van der Waals surface area contributed by atoms with Gasteiger partial charge in [-0.15, -0.1) is 15.7 Å². The quantitative estimate of drug-likeness (QED) is 0.479. The highest BCUT2D eigenvalue weighted by atomic mass is 32.3. The minimum atomic E-state index is -3.61. The molecule has 0 spiro atoms. The summed E-state index contributed by atoms with van der Waals surface area (Å²) in [5, 5.41) is 1.75. The molecular weight excluding hydrogens is 394 g/mol. The fourth-order valence-electron chi connectivity index (χ4n) is 2.79. The van der Waals surface area contributed by atoms with Crippen LogP contribution >= 0.6 is 11.3 Å². The second-order valence-corrected chi connectivity index (χ2v) is 9.11. The molecule has 0 amide bonds. The van der Waals surface area contributed by atoms with Gasteiger partial charge < -0.3 is 0 Å². The van der Waals surface area contributed by atoms with Crippen molar-refractivity contribution < 1.29 is 13.3 Å². The minimum absolute atomic E-state index is 0.137. The fraction of sp³-hybridized carbons (Fsp3) is 0.211. The number of imidazole rings is 1. The molecule has 1 N–H and O–H groups in total. The van der Waals surface area contributed by atoms with E-state index in [0.717, 1.165) is 19.4 Å². The summed E-state index contributed by atoms with van der Waals surface area (Å²) >= 11 is 1.19. The number of fused-ring (bicyclic) bond motifs is 1. The molecule has 0 saturated carbocycles. The molecule has 3 heterocycles. The molecular formula is C19H20N5O2S2+. The normalized spacial score (nSPS) is 13.5. The minimum Gasteiger partial charge on any atom is -0.296 e. The van der Waals surface area contributed by atoms with Gasteiger partial charge in [0, 0.05) is 0 Å². The SMILES string of the molecule is CCCC[n+]1ccn(-c2nc3ccccc3nc2N=S(=O)(O)c2cccs2)c1. The lowest BCUT2D eigenvalue weighted by Crippen LogP contribution is -2.30. The van der Waals surface area contributed by atoms with Gasteiger partial charge in [-0.2, -0.15) is 4.57 Å². The van der Waals surface area contributed by atoms with E-state index in [0.29, 0.717) is 21.1 Å². The van der Waals surface area contributed by atoms with Gasteiger partial charge in [-0.05, 0) is 30.0 Å². The van der Waals surface area contributed by atoms with E-state index in [1.54, 1.807) is 22.1 Å². The maximum atomic E-state index is 12.8. The maximum absolute atomic E-state index is 12.8. The van der Waals surface area contributed by atoms with Crippen LogP contribution in [-0.4, -0.2) is 23.3 Å². The van der Waals surface area contributed by atoms with Crippen molar-refractivity contribution in [2.75, 3.05) is 0 Å². The highest BCUT2D eigenvalue weighted by molar-refractivity contribution is 7.90. The Morgan fingerprint density at radius 2 is 2.00 bits per heavy atom. The maximum Gasteiger partial charge on any atom is 0.272 e. The molecule has 1 aromatic carbocycles. The van der Waals surface area contributed by atoms with E-state index >= 15 is 0 Å². The van der Waals surface area contributed by atoms with Crippen molar-refractivity contribution >= 4 is 38.2 Å². The first-order chi connectivity index (χ1) is 13.6. The van der Waals surface area contributed by atoms with Gasteiger partial charge in [0.2, 0.25) is 22.2 Å². The molecule has 1 atom stereocenters. The molecule has 0 aliphatic rings. The average molecular weight is 415 g/mol. The van der Waals surface area contributed by atoms with Gasteiger partial charge in [-0.25, -0.2) is 18.7 Å². The van der Waals surface area contributed by atoms with Crippen molar-refractivity contribution in [2.45, 2.75) is 30.5 Å². The molecule has 1 unspecified atom stereocenters. The lowest BCUT2D eigenvalue weighted by atomic mass is 10.3. The number of para-hydroxylation sites is 2. The molecule has 0 bridgehead atoms. The fourth-order valence-corrected chi connectivity index (χ4v) is 4.72. The molecule has 0 saturated heterocycles. The van der Waals surface area contributed by atoms with Gasteiger partial charge in [0.05, 0.1) is 17.6 Å². The van der Waals surface area contributed by atoms with Crippen molar-refractivity contribution in [3.63, 3.8) is 0 Å². The summed E-state index contributed by atoms with van der Waals surface area (Å²) in [6.07, 6.45) is 7.88. The summed E-state index contributed by atoms with van der Waals surface area (Å²) in [5.74, 6) is 0.560. The van der Waals surface area contributed by atoms with Crippen LogP contribution in [0.2, 0.25) is 0 Å². The van der Waals surface area contributed by atoms with Crippen molar-refractivity contribution in [2.24, 2.45) is 4.36 Å². The first-order valence-electron chi connectivity index (χ1n) is 8.94. The van der Waals surface area contributed by atoms with E-state index in [1.807, 2.05) is 43.0 Å². The molecule has 9 heteroatoms. The third-order valence-corrected chi connectivity index (χ3v) is 6.89. The van der Waals surface area contributed by atoms with Crippen LogP contribution in [0.5, 0.6) is 0 Å². The Morgan fingerprint density at radius 1 is 1.21 bits per heavy atom. The topological polar surface area (TPSA) is 84.3 Å². The van der Waals surface area contributed by atoms with Crippen molar-refractivity contribution in [1.82, 2.24) is 14.5 Å². The van der Waals surface area contributed by atoms with Crippen LogP contribution in [-0.2, 0) is 16.6 Å². The average Bonchev–Trinajstić information content (AvgIpc) is 3.38. The summed E-state index contributed by atoms with van der Waals surface area (Å²) in [5.41, 5.74) is 1.32. The van der Waals surface area contributed by atoms with Gasteiger partial charge in [0.15, 0.2) is 0 Å². The highest BCUT2D eigenvalue weighted by Gasteiger charge is 2.19. The zero-order valence-electron chi connectivity index (χ0n) is 15.3. The predicted molar refractivity (Wildman–Crippen MR) is 109 cm³/mol. The molecule has 0 aliphatic carbocycles. The summed E-state index contributed by atoms with van der Waals surface area (Å²) in [4.78, 5) is 9.19. The summed E-state index contributed by atoms with van der Waals surface area (Å²) in [7, 11) is -3.61. The Morgan fingerprint density at radius 3 is 2.71 bits per heavy atom. The third-order valence-electron chi connectivity index (χ3n) is 4.21. The van der Waals surface area contributed by atoms with Crippen LogP contribution < -0.4 is 4.57 Å². The summed E-state index contributed by atoms with van der Waals surface area (Å²) < 4.78 is 31.5. The number of benzene rings is 1. The number of nitrogens with zero attached hydrogens (tertiary/aromatic N) is 5. The van der Waals surface area contributed by atoms with Crippen LogP contribution in [0.1, 0.15) is 19.8 Å². The lowest BCUT2D eigenvalue weighted by molar-refractivity contribution is -0.696. The number of hydrogen-bond acceptors (Lipinski definition) is 5. The van der Waals surface area contributed by atoms with Gasteiger partial charge >= 0.3 is 0 Å². The van der Waals surface area contributed by atoms with E-state index < -0.39 is 10.0 Å². The first kappa shape index (κ1) is 18.7. The third kappa shape index (κ3) is 3.82. The standard InChI is InChI=1S/C19H19N5O2S2/c1-2-3-10-23-11-12-24(14-23)19-18(20-15-7-4-5-8-16(15)21-19)22-28(25,26)17-9-6-13-27-17/h4-9,11-14H,2-3,10H2,1H3/p+1. The largest absolute Gasteiger partial charge is 0.296 e. The summed E-state index contributed by atoms with van der Waals surface area (Å²) in [6, 6.07) is 10.7. The van der Waals surface area contributed by atoms with Crippen molar-refractivity contribution in [1.29, 1.82) is 0 Å². The van der Waals surface area contributed by atoms with Crippen molar-refractivity contribution in [3.8, 4) is 5.82 Å². The number of thiophene rings is 1. The van der Waals surface area contributed by atoms with Crippen molar-refractivity contribution in [3.05, 3.63) is 60.5 Å². The van der Waals surface area contributed by atoms with E-state index in [2.05, 4.69) is 25.8 Å². The number of aromatic nitrogens is 4. The Labute approximate surface area is 167 Å². The Hall–Kier alpha value is -2.62. The van der Waals surface area contributed by atoms with E-state index in [1.165, 1.54) is 11.3 Å². The smallest absolute Gasteiger partial charge is 0.272 e. The van der Waals surface area contributed by atoms with Crippen LogP contribution in [0, 0.1) is 0 Å². The molecule has 144 valence electrons. The predicted octanol–water partition coefficient (Wildman–Crippen LogP) is 4.20. The van der Waals surface area contributed by atoms with E-state index in [-0.39, 0.29) is 5.82 Å². The zero-order chi connectivity index (χ0) is 19.6.